The molecule has 0 bridgehead atoms. The van der Waals surface area contributed by atoms with Gasteiger partial charge >= 0.3 is 5.97 Å². The summed E-state index contributed by atoms with van der Waals surface area (Å²) in [6.07, 6.45) is -0.483. The standard InChI is InChI=1S/C15H12O4/c16-14(17)9-10-6-7-12-13(8-10)19-15(18-12)11-4-2-1-3-5-11/h1-8,15H,9H2,(H,16,17). The van der Waals surface area contributed by atoms with E-state index in [1.54, 1.807) is 18.2 Å². The van der Waals surface area contributed by atoms with Crippen LogP contribution in [0.25, 0.3) is 0 Å². The lowest BCUT2D eigenvalue weighted by Gasteiger charge is -2.09. The fourth-order valence-electron chi connectivity index (χ4n) is 2.03. The molecule has 1 unspecified atom stereocenters. The largest absolute Gasteiger partial charge is 0.481 e. The van der Waals surface area contributed by atoms with Gasteiger partial charge in [0.05, 0.1) is 6.42 Å². The third kappa shape index (κ3) is 2.38. The van der Waals surface area contributed by atoms with E-state index in [0.717, 1.165) is 5.56 Å². The van der Waals surface area contributed by atoms with Crippen LogP contribution >= 0.6 is 0 Å². The molecule has 0 aromatic heterocycles. The van der Waals surface area contributed by atoms with Crippen molar-refractivity contribution in [3.05, 3.63) is 59.7 Å². The van der Waals surface area contributed by atoms with E-state index in [-0.39, 0.29) is 6.42 Å². The van der Waals surface area contributed by atoms with Crippen LogP contribution in [0.2, 0.25) is 0 Å². The predicted molar refractivity (Wildman–Crippen MR) is 68.2 cm³/mol. The van der Waals surface area contributed by atoms with Gasteiger partial charge in [-0.15, -0.1) is 0 Å². The van der Waals surface area contributed by atoms with Crippen LogP contribution in [0.3, 0.4) is 0 Å². The van der Waals surface area contributed by atoms with Gasteiger partial charge in [-0.3, -0.25) is 4.79 Å². The van der Waals surface area contributed by atoms with Gasteiger partial charge in [-0.2, -0.15) is 0 Å². The third-order valence-corrected chi connectivity index (χ3v) is 2.90. The number of carbonyl (C=O) groups is 1. The number of benzene rings is 2. The van der Waals surface area contributed by atoms with E-state index in [1.807, 2.05) is 30.3 Å². The van der Waals surface area contributed by atoms with Gasteiger partial charge < -0.3 is 14.6 Å². The maximum atomic E-state index is 10.7. The van der Waals surface area contributed by atoms with E-state index in [0.29, 0.717) is 17.1 Å². The Hall–Kier alpha value is -2.49. The first kappa shape index (κ1) is 11.6. The van der Waals surface area contributed by atoms with Crippen LogP contribution in [-0.2, 0) is 11.2 Å². The molecule has 1 atom stereocenters. The quantitative estimate of drug-likeness (QED) is 0.917. The molecule has 19 heavy (non-hydrogen) atoms. The zero-order chi connectivity index (χ0) is 13.2. The number of aliphatic carboxylic acids is 1. The summed E-state index contributed by atoms with van der Waals surface area (Å²) < 4.78 is 11.4. The Balaban J connectivity index is 1.82. The summed E-state index contributed by atoms with van der Waals surface area (Å²) in [6, 6.07) is 14.8. The van der Waals surface area contributed by atoms with E-state index >= 15 is 0 Å². The van der Waals surface area contributed by atoms with Crippen molar-refractivity contribution in [3.8, 4) is 11.5 Å². The summed E-state index contributed by atoms with van der Waals surface area (Å²) in [5, 5.41) is 8.77. The number of ether oxygens (including phenoxy) is 2. The number of hydrogen-bond donors (Lipinski definition) is 1. The second kappa shape index (κ2) is 4.65. The van der Waals surface area contributed by atoms with E-state index in [2.05, 4.69) is 0 Å². The highest BCUT2D eigenvalue weighted by Gasteiger charge is 2.25. The number of carboxylic acids is 1. The fraction of sp³-hybridized carbons (Fsp3) is 0.133. The molecule has 1 heterocycles. The molecular weight excluding hydrogens is 244 g/mol. The minimum atomic E-state index is -0.863. The summed E-state index contributed by atoms with van der Waals surface area (Å²) in [5.74, 6) is 0.370. The maximum absolute atomic E-state index is 10.7. The van der Waals surface area contributed by atoms with Gasteiger partial charge in [-0.25, -0.2) is 0 Å². The van der Waals surface area contributed by atoms with Crippen molar-refractivity contribution in [2.24, 2.45) is 0 Å². The van der Waals surface area contributed by atoms with Crippen LogP contribution < -0.4 is 9.47 Å². The van der Waals surface area contributed by atoms with Gasteiger partial charge in [-0.05, 0) is 17.7 Å². The number of fused-ring (bicyclic) bond motifs is 1. The Morgan fingerprint density at radius 3 is 2.53 bits per heavy atom. The first-order valence-corrected chi connectivity index (χ1v) is 5.95. The Labute approximate surface area is 110 Å². The maximum Gasteiger partial charge on any atom is 0.307 e. The molecule has 0 fully saturated rings. The lowest BCUT2D eigenvalue weighted by Crippen LogP contribution is -2.07. The molecular formula is C15H12O4. The van der Waals surface area contributed by atoms with Crippen LogP contribution in [0.5, 0.6) is 11.5 Å². The van der Waals surface area contributed by atoms with Crippen molar-refractivity contribution in [1.82, 2.24) is 0 Å². The fourth-order valence-corrected chi connectivity index (χ4v) is 2.03. The molecule has 0 saturated carbocycles. The first-order chi connectivity index (χ1) is 9.22. The predicted octanol–water partition coefficient (Wildman–Crippen LogP) is 2.78. The number of carboxylic acid groups (broad SMARTS) is 1. The topological polar surface area (TPSA) is 55.8 Å². The Morgan fingerprint density at radius 1 is 1.05 bits per heavy atom. The van der Waals surface area contributed by atoms with E-state index < -0.39 is 12.3 Å². The summed E-state index contributed by atoms with van der Waals surface area (Å²) in [7, 11) is 0. The normalized spacial score (nSPS) is 16.3. The molecule has 0 amide bonds. The van der Waals surface area contributed by atoms with Gasteiger partial charge in [0.1, 0.15) is 0 Å². The molecule has 4 nitrogen and oxygen atoms in total. The molecule has 2 aromatic carbocycles. The van der Waals surface area contributed by atoms with E-state index in [1.165, 1.54) is 0 Å². The molecule has 0 aliphatic carbocycles. The van der Waals surface area contributed by atoms with Crippen molar-refractivity contribution in [2.45, 2.75) is 12.7 Å². The zero-order valence-electron chi connectivity index (χ0n) is 10.1. The van der Waals surface area contributed by atoms with Crippen LogP contribution in [0.4, 0.5) is 0 Å². The van der Waals surface area contributed by atoms with Gasteiger partial charge in [0.25, 0.3) is 6.29 Å². The highest BCUT2D eigenvalue weighted by atomic mass is 16.7. The molecule has 4 heteroatoms. The number of rotatable bonds is 3. The highest BCUT2D eigenvalue weighted by molar-refractivity contribution is 5.70. The highest BCUT2D eigenvalue weighted by Crippen LogP contribution is 2.40. The van der Waals surface area contributed by atoms with Crippen molar-refractivity contribution in [3.63, 3.8) is 0 Å². The van der Waals surface area contributed by atoms with Gasteiger partial charge in [0, 0.05) is 5.56 Å². The molecule has 0 spiro atoms. The van der Waals surface area contributed by atoms with Crippen molar-refractivity contribution >= 4 is 5.97 Å². The number of hydrogen-bond acceptors (Lipinski definition) is 3. The Morgan fingerprint density at radius 2 is 1.79 bits per heavy atom. The monoisotopic (exact) mass is 256 g/mol. The summed E-state index contributed by atoms with van der Waals surface area (Å²) in [4.78, 5) is 10.7. The van der Waals surface area contributed by atoms with Crippen LogP contribution in [0.15, 0.2) is 48.5 Å². The second-order valence-corrected chi connectivity index (χ2v) is 4.33. The zero-order valence-corrected chi connectivity index (χ0v) is 10.1. The van der Waals surface area contributed by atoms with Crippen LogP contribution in [0, 0.1) is 0 Å². The lowest BCUT2D eigenvalue weighted by molar-refractivity contribution is -0.136. The summed E-state index contributed by atoms with van der Waals surface area (Å²) >= 11 is 0. The van der Waals surface area contributed by atoms with Crippen LogP contribution in [0.1, 0.15) is 17.4 Å². The Kier molecular flexibility index (Phi) is 2.83. The second-order valence-electron chi connectivity index (χ2n) is 4.33. The summed E-state index contributed by atoms with van der Waals surface area (Å²) in [6.45, 7) is 0. The van der Waals surface area contributed by atoms with Gasteiger partial charge in [-0.1, -0.05) is 36.4 Å². The summed E-state index contributed by atoms with van der Waals surface area (Å²) in [5.41, 5.74) is 1.63. The SMILES string of the molecule is O=C(O)Cc1ccc2c(c1)OC(c1ccccc1)O2. The molecule has 1 N–H and O–H groups in total. The van der Waals surface area contributed by atoms with E-state index in [4.69, 9.17) is 14.6 Å². The van der Waals surface area contributed by atoms with Crippen molar-refractivity contribution < 1.29 is 19.4 Å². The molecule has 1 aliphatic heterocycles. The molecule has 0 radical (unpaired) electrons. The first-order valence-electron chi connectivity index (χ1n) is 5.95. The molecule has 96 valence electrons. The van der Waals surface area contributed by atoms with Crippen molar-refractivity contribution in [2.75, 3.05) is 0 Å². The molecule has 0 saturated heterocycles. The Bertz CT molecular complexity index is 607. The third-order valence-electron chi connectivity index (χ3n) is 2.90. The molecule has 2 aromatic rings. The smallest absolute Gasteiger partial charge is 0.307 e. The van der Waals surface area contributed by atoms with Gasteiger partial charge in [0.15, 0.2) is 11.5 Å². The average Bonchev–Trinajstić information content (AvgIpc) is 2.82. The van der Waals surface area contributed by atoms with Crippen LogP contribution in [-0.4, -0.2) is 11.1 Å². The van der Waals surface area contributed by atoms with Crippen molar-refractivity contribution in [1.29, 1.82) is 0 Å². The minimum Gasteiger partial charge on any atom is -0.481 e. The minimum absolute atomic E-state index is 0.0212. The van der Waals surface area contributed by atoms with E-state index in [9.17, 15) is 4.79 Å². The molecule has 1 aliphatic rings. The lowest BCUT2D eigenvalue weighted by atomic mass is 10.1. The average molecular weight is 256 g/mol. The molecule has 3 rings (SSSR count). The van der Waals surface area contributed by atoms with Gasteiger partial charge in [0.2, 0.25) is 0 Å².